The molecule has 0 bridgehead atoms. The summed E-state index contributed by atoms with van der Waals surface area (Å²) in [6.07, 6.45) is 9.99. The molecule has 1 aliphatic carbocycles. The maximum absolute atomic E-state index is 14.7. The number of nitrogens with zero attached hydrogens (tertiary/aromatic N) is 3. The molecular weight excluding hydrogens is 522 g/mol. The lowest BCUT2D eigenvalue weighted by Crippen LogP contribution is -2.21. The van der Waals surface area contributed by atoms with Gasteiger partial charge in [-0.15, -0.1) is 0 Å². The third kappa shape index (κ3) is 9.09. The maximum atomic E-state index is 14.7. The number of hydrogen-bond acceptors (Lipinski definition) is 8. The Morgan fingerprint density at radius 1 is 1.00 bits per heavy atom. The van der Waals surface area contributed by atoms with Gasteiger partial charge in [0.05, 0.1) is 57.7 Å². The molecule has 11 heteroatoms. The van der Waals surface area contributed by atoms with Crippen LogP contribution in [0.2, 0.25) is 0 Å². The van der Waals surface area contributed by atoms with Crippen molar-refractivity contribution in [1.82, 2.24) is 19.9 Å². The van der Waals surface area contributed by atoms with E-state index in [0.717, 1.165) is 31.9 Å². The van der Waals surface area contributed by atoms with Gasteiger partial charge in [-0.05, 0) is 37.2 Å². The number of aliphatic hydroxyl groups is 1. The highest BCUT2D eigenvalue weighted by Crippen LogP contribution is 2.34. The summed E-state index contributed by atoms with van der Waals surface area (Å²) in [4.78, 5) is 28.2. The average Bonchev–Trinajstić information content (AvgIpc) is 3.36. The molecule has 0 unspecified atom stereocenters. The van der Waals surface area contributed by atoms with Gasteiger partial charge in [0, 0.05) is 36.6 Å². The van der Waals surface area contributed by atoms with Gasteiger partial charge in [-0.1, -0.05) is 19.3 Å². The number of Topliss-reactive ketones (excluding diaryl/α,β-unsaturated/α-hetero) is 1. The molecule has 3 heterocycles. The molecule has 0 aliphatic heterocycles. The molecule has 218 valence electrons. The largest absolute Gasteiger partial charge is 0.394 e. The molecule has 3 aromatic heterocycles. The van der Waals surface area contributed by atoms with E-state index in [1.165, 1.54) is 12.3 Å². The lowest BCUT2D eigenvalue weighted by atomic mass is 9.77. The number of aliphatic hydroxyl groups excluding tert-OH is 1. The summed E-state index contributed by atoms with van der Waals surface area (Å²) in [6.45, 7) is 2.65. The molecule has 0 spiro atoms. The summed E-state index contributed by atoms with van der Waals surface area (Å²) >= 11 is 0. The zero-order valence-corrected chi connectivity index (χ0v) is 22.7. The molecule has 0 saturated heterocycles. The van der Waals surface area contributed by atoms with Gasteiger partial charge < -0.3 is 24.3 Å². The second kappa shape index (κ2) is 15.8. The van der Waals surface area contributed by atoms with Crippen LogP contribution in [0.5, 0.6) is 0 Å². The summed E-state index contributed by atoms with van der Waals surface area (Å²) in [5.74, 6) is 0.185. The molecule has 4 rings (SSSR count). The van der Waals surface area contributed by atoms with Crippen LogP contribution in [-0.4, -0.2) is 77.1 Å². The number of carbonyl (C=O) groups excluding carboxylic acids is 1. The number of ketones is 1. The number of H-pyrrole nitrogens is 1. The van der Waals surface area contributed by atoms with Gasteiger partial charge in [0.15, 0.2) is 11.6 Å². The van der Waals surface area contributed by atoms with Crippen LogP contribution in [0, 0.1) is 23.5 Å². The number of carbonyl (C=O) groups is 1. The molecular formula is C29H38F2N4O5. The normalized spacial score (nSPS) is 17.5. The molecule has 2 N–H and O–H groups in total. The van der Waals surface area contributed by atoms with E-state index in [0.29, 0.717) is 99.4 Å². The SMILES string of the molecule is O=C(CCCOCCOCCOCCO)C[C@@H]1CCC[C@H](Cc2nc(-c3c[nH]c4ncc(F)cc34)ncc2F)C1. The predicted molar refractivity (Wildman–Crippen MR) is 145 cm³/mol. The quantitative estimate of drug-likeness (QED) is 0.233. The fourth-order valence-electron chi connectivity index (χ4n) is 5.29. The van der Waals surface area contributed by atoms with Crippen molar-refractivity contribution in [2.45, 2.75) is 51.4 Å². The van der Waals surface area contributed by atoms with Crippen molar-refractivity contribution >= 4 is 16.8 Å². The van der Waals surface area contributed by atoms with Gasteiger partial charge in [0.1, 0.15) is 17.2 Å². The lowest BCUT2D eigenvalue weighted by Gasteiger charge is -2.28. The Morgan fingerprint density at radius 3 is 2.55 bits per heavy atom. The Morgan fingerprint density at radius 2 is 1.75 bits per heavy atom. The smallest absolute Gasteiger partial charge is 0.163 e. The standard InChI is InChI=1S/C29H38F2N4O5/c30-22-16-24-25(18-33-28(24)32-17-22)29-34-19-26(31)27(35-29)15-21-4-1-3-20(13-21)14-23(37)5-2-7-38-9-11-40-12-10-39-8-6-36/h16-21,36H,1-15H2,(H,32,33)/t20-,21+/m1/s1. The maximum Gasteiger partial charge on any atom is 0.163 e. The van der Waals surface area contributed by atoms with E-state index in [-0.39, 0.29) is 18.3 Å². The van der Waals surface area contributed by atoms with Crippen LogP contribution in [0.25, 0.3) is 22.4 Å². The third-order valence-electron chi connectivity index (χ3n) is 7.17. The Balaban J connectivity index is 1.19. The van der Waals surface area contributed by atoms with Crippen molar-refractivity contribution in [3.63, 3.8) is 0 Å². The van der Waals surface area contributed by atoms with E-state index in [2.05, 4.69) is 19.9 Å². The minimum absolute atomic E-state index is 0.00330. The van der Waals surface area contributed by atoms with Crippen LogP contribution in [0.1, 0.15) is 50.6 Å². The van der Waals surface area contributed by atoms with Gasteiger partial charge in [-0.25, -0.2) is 23.7 Å². The van der Waals surface area contributed by atoms with E-state index >= 15 is 0 Å². The first-order valence-electron chi connectivity index (χ1n) is 14.0. The molecule has 3 aromatic rings. The number of fused-ring (bicyclic) bond motifs is 1. The number of nitrogens with one attached hydrogen (secondary N) is 1. The summed E-state index contributed by atoms with van der Waals surface area (Å²) in [5, 5.41) is 9.17. The molecule has 2 atom stereocenters. The number of hydrogen-bond donors (Lipinski definition) is 2. The predicted octanol–water partition coefficient (Wildman–Crippen LogP) is 4.43. The van der Waals surface area contributed by atoms with Gasteiger partial charge >= 0.3 is 0 Å². The minimum atomic E-state index is -0.464. The first-order valence-corrected chi connectivity index (χ1v) is 14.0. The fraction of sp³-hybridized carbons (Fsp3) is 0.586. The minimum Gasteiger partial charge on any atom is -0.394 e. The molecule has 0 amide bonds. The van der Waals surface area contributed by atoms with Crippen LogP contribution in [0.15, 0.2) is 24.7 Å². The van der Waals surface area contributed by atoms with E-state index in [1.807, 2.05) is 0 Å². The third-order valence-corrected chi connectivity index (χ3v) is 7.17. The Bertz CT molecular complexity index is 1220. The summed E-state index contributed by atoms with van der Waals surface area (Å²) in [6, 6.07) is 1.36. The Labute approximate surface area is 232 Å². The van der Waals surface area contributed by atoms with Crippen LogP contribution >= 0.6 is 0 Å². The molecule has 0 aromatic carbocycles. The van der Waals surface area contributed by atoms with Crippen molar-refractivity contribution < 1.29 is 32.9 Å². The van der Waals surface area contributed by atoms with E-state index < -0.39 is 11.6 Å². The average molecular weight is 561 g/mol. The molecule has 1 fully saturated rings. The first kappa shape index (κ1) is 30.1. The number of halogens is 2. The van der Waals surface area contributed by atoms with Crippen molar-refractivity contribution in [3.05, 3.63) is 42.0 Å². The monoisotopic (exact) mass is 560 g/mol. The van der Waals surface area contributed by atoms with Crippen molar-refractivity contribution in [2.75, 3.05) is 46.2 Å². The molecule has 9 nitrogen and oxygen atoms in total. The number of pyridine rings is 1. The zero-order valence-electron chi connectivity index (χ0n) is 22.7. The summed E-state index contributed by atoms with van der Waals surface area (Å²) in [5.41, 5.74) is 1.44. The number of aromatic amines is 1. The van der Waals surface area contributed by atoms with Crippen molar-refractivity contribution in [3.8, 4) is 11.4 Å². The molecule has 0 radical (unpaired) electrons. The van der Waals surface area contributed by atoms with Crippen molar-refractivity contribution in [2.24, 2.45) is 11.8 Å². The topological polar surface area (TPSA) is 119 Å². The van der Waals surface area contributed by atoms with Crippen molar-refractivity contribution in [1.29, 1.82) is 0 Å². The second-order valence-corrected chi connectivity index (χ2v) is 10.3. The van der Waals surface area contributed by atoms with Gasteiger partial charge in [-0.3, -0.25) is 4.79 Å². The van der Waals surface area contributed by atoms with Crippen LogP contribution < -0.4 is 0 Å². The Kier molecular flexibility index (Phi) is 11.9. The fourth-order valence-corrected chi connectivity index (χ4v) is 5.29. The number of ether oxygens (including phenoxy) is 3. The van der Waals surface area contributed by atoms with Crippen LogP contribution in [-0.2, 0) is 25.4 Å². The van der Waals surface area contributed by atoms with E-state index in [9.17, 15) is 13.6 Å². The second-order valence-electron chi connectivity index (χ2n) is 10.3. The van der Waals surface area contributed by atoms with Gasteiger partial charge in [0.2, 0.25) is 0 Å². The lowest BCUT2D eigenvalue weighted by molar-refractivity contribution is -0.120. The van der Waals surface area contributed by atoms with E-state index in [1.54, 1.807) is 6.20 Å². The highest BCUT2D eigenvalue weighted by molar-refractivity contribution is 5.91. The molecule has 1 aliphatic rings. The first-order chi connectivity index (χ1) is 19.5. The van der Waals surface area contributed by atoms with Gasteiger partial charge in [-0.2, -0.15) is 0 Å². The highest BCUT2D eigenvalue weighted by atomic mass is 19.1. The highest BCUT2D eigenvalue weighted by Gasteiger charge is 2.26. The summed E-state index contributed by atoms with van der Waals surface area (Å²) < 4.78 is 44.4. The summed E-state index contributed by atoms with van der Waals surface area (Å²) in [7, 11) is 0. The number of aromatic nitrogens is 4. The van der Waals surface area contributed by atoms with Crippen LogP contribution in [0.3, 0.4) is 0 Å². The zero-order chi connectivity index (χ0) is 28.2. The number of rotatable bonds is 17. The van der Waals surface area contributed by atoms with Crippen LogP contribution in [0.4, 0.5) is 8.78 Å². The van der Waals surface area contributed by atoms with Gasteiger partial charge in [0.25, 0.3) is 0 Å². The molecule has 1 saturated carbocycles. The Hall–Kier alpha value is -2.86. The molecule has 40 heavy (non-hydrogen) atoms. The van der Waals surface area contributed by atoms with E-state index in [4.69, 9.17) is 19.3 Å².